The minimum atomic E-state index is 0.664. The molecule has 4 nitrogen and oxygen atoms in total. The Balaban J connectivity index is 1.74. The molecule has 0 spiro atoms. The normalized spacial score (nSPS) is 22.6. The highest BCUT2D eigenvalue weighted by Gasteiger charge is 2.17. The summed E-state index contributed by atoms with van der Waals surface area (Å²) >= 11 is 0. The van der Waals surface area contributed by atoms with Crippen LogP contribution in [0.2, 0.25) is 0 Å². The second-order valence-electron chi connectivity index (χ2n) is 6.11. The smallest absolute Gasteiger partial charge is 0.0701 e. The van der Waals surface area contributed by atoms with Gasteiger partial charge in [-0.2, -0.15) is 0 Å². The van der Waals surface area contributed by atoms with Crippen LogP contribution in [0.15, 0.2) is 0 Å². The fraction of sp³-hybridized carbons (Fsp3) is 1.00. The van der Waals surface area contributed by atoms with Crippen LogP contribution in [0.25, 0.3) is 0 Å². The molecule has 0 aromatic heterocycles. The van der Waals surface area contributed by atoms with E-state index >= 15 is 0 Å². The molecule has 0 aromatic rings. The van der Waals surface area contributed by atoms with Crippen LogP contribution in [-0.4, -0.2) is 52.2 Å². The fourth-order valence-corrected chi connectivity index (χ4v) is 2.74. The highest BCUT2D eigenvalue weighted by molar-refractivity contribution is 4.75. The molecule has 1 aliphatic carbocycles. The SMILES string of the molecule is CCCCOCCOCCOCCNC1CCCC(C)C1. The van der Waals surface area contributed by atoms with Crippen LogP contribution in [0.1, 0.15) is 52.4 Å². The monoisotopic (exact) mass is 301 g/mol. The predicted octanol–water partition coefficient (Wildman–Crippen LogP) is 3.00. The quantitative estimate of drug-likeness (QED) is 0.531. The van der Waals surface area contributed by atoms with Gasteiger partial charge in [0.25, 0.3) is 0 Å². The third kappa shape index (κ3) is 11.1. The molecule has 1 N–H and O–H groups in total. The van der Waals surface area contributed by atoms with E-state index in [2.05, 4.69) is 19.2 Å². The van der Waals surface area contributed by atoms with Gasteiger partial charge >= 0.3 is 0 Å². The van der Waals surface area contributed by atoms with Crippen LogP contribution >= 0.6 is 0 Å². The van der Waals surface area contributed by atoms with Crippen molar-refractivity contribution in [3.63, 3.8) is 0 Å². The molecule has 1 rings (SSSR count). The van der Waals surface area contributed by atoms with Crippen LogP contribution in [0, 0.1) is 5.92 Å². The van der Waals surface area contributed by atoms with E-state index in [1.165, 1.54) is 32.1 Å². The average molecular weight is 301 g/mol. The van der Waals surface area contributed by atoms with Crippen LogP contribution in [0.3, 0.4) is 0 Å². The Morgan fingerprint density at radius 1 is 0.905 bits per heavy atom. The molecule has 0 heterocycles. The van der Waals surface area contributed by atoms with Gasteiger partial charge in [-0.25, -0.2) is 0 Å². The molecule has 1 fully saturated rings. The molecule has 126 valence electrons. The minimum absolute atomic E-state index is 0.664. The van der Waals surface area contributed by atoms with Gasteiger partial charge in [0.15, 0.2) is 0 Å². The van der Waals surface area contributed by atoms with Gasteiger partial charge in [0, 0.05) is 19.2 Å². The van der Waals surface area contributed by atoms with Crippen molar-refractivity contribution in [2.24, 2.45) is 5.92 Å². The predicted molar refractivity (Wildman–Crippen MR) is 86.8 cm³/mol. The highest BCUT2D eigenvalue weighted by atomic mass is 16.5. The maximum Gasteiger partial charge on any atom is 0.0701 e. The number of hydrogen-bond donors (Lipinski definition) is 1. The second-order valence-corrected chi connectivity index (χ2v) is 6.11. The first-order valence-corrected chi connectivity index (χ1v) is 8.79. The molecule has 0 radical (unpaired) electrons. The van der Waals surface area contributed by atoms with Crippen LogP contribution in [0.4, 0.5) is 0 Å². The van der Waals surface area contributed by atoms with E-state index in [4.69, 9.17) is 14.2 Å². The van der Waals surface area contributed by atoms with Crippen molar-refractivity contribution in [1.29, 1.82) is 0 Å². The Hall–Kier alpha value is -0.160. The van der Waals surface area contributed by atoms with E-state index in [0.29, 0.717) is 32.5 Å². The van der Waals surface area contributed by atoms with E-state index in [1.807, 2.05) is 0 Å². The summed E-state index contributed by atoms with van der Waals surface area (Å²) in [6.45, 7) is 9.82. The van der Waals surface area contributed by atoms with Crippen molar-refractivity contribution in [2.45, 2.75) is 58.4 Å². The summed E-state index contributed by atoms with van der Waals surface area (Å²) < 4.78 is 16.4. The molecule has 1 aliphatic rings. The van der Waals surface area contributed by atoms with Gasteiger partial charge in [-0.1, -0.05) is 33.1 Å². The molecule has 4 heteroatoms. The summed E-state index contributed by atoms with van der Waals surface area (Å²) in [7, 11) is 0. The third-order valence-corrected chi connectivity index (χ3v) is 4.00. The van der Waals surface area contributed by atoms with Gasteiger partial charge in [0.2, 0.25) is 0 Å². The molecule has 0 aliphatic heterocycles. The zero-order valence-corrected chi connectivity index (χ0v) is 14.1. The minimum Gasteiger partial charge on any atom is -0.379 e. The lowest BCUT2D eigenvalue weighted by molar-refractivity contribution is 0.0142. The van der Waals surface area contributed by atoms with Crippen molar-refractivity contribution < 1.29 is 14.2 Å². The van der Waals surface area contributed by atoms with Crippen molar-refractivity contribution >= 4 is 0 Å². The molecule has 1 saturated carbocycles. The molecule has 0 amide bonds. The summed E-state index contributed by atoms with van der Waals surface area (Å²) in [5.41, 5.74) is 0. The Bertz CT molecular complexity index is 226. The largest absolute Gasteiger partial charge is 0.379 e. The third-order valence-electron chi connectivity index (χ3n) is 4.00. The van der Waals surface area contributed by atoms with Crippen LogP contribution in [0.5, 0.6) is 0 Å². The van der Waals surface area contributed by atoms with E-state index in [1.54, 1.807) is 0 Å². The average Bonchev–Trinajstić information content (AvgIpc) is 2.48. The van der Waals surface area contributed by atoms with E-state index in [-0.39, 0.29) is 0 Å². The van der Waals surface area contributed by atoms with E-state index in [9.17, 15) is 0 Å². The Morgan fingerprint density at radius 2 is 1.57 bits per heavy atom. The maximum absolute atomic E-state index is 5.57. The maximum atomic E-state index is 5.57. The molecule has 2 atom stereocenters. The summed E-state index contributed by atoms with van der Waals surface area (Å²) in [6, 6.07) is 0.703. The lowest BCUT2D eigenvalue weighted by Gasteiger charge is -2.27. The van der Waals surface area contributed by atoms with Crippen molar-refractivity contribution in [3.05, 3.63) is 0 Å². The zero-order valence-electron chi connectivity index (χ0n) is 14.1. The fourth-order valence-electron chi connectivity index (χ4n) is 2.74. The molecule has 2 unspecified atom stereocenters. The summed E-state index contributed by atoms with van der Waals surface area (Å²) in [6.07, 6.45) is 7.73. The van der Waals surface area contributed by atoms with Crippen molar-refractivity contribution in [1.82, 2.24) is 5.32 Å². The van der Waals surface area contributed by atoms with E-state index in [0.717, 1.165) is 32.1 Å². The second kappa shape index (κ2) is 13.5. The molecular weight excluding hydrogens is 266 g/mol. The summed E-state index contributed by atoms with van der Waals surface area (Å²) in [5, 5.41) is 3.60. The van der Waals surface area contributed by atoms with Gasteiger partial charge in [-0.3, -0.25) is 0 Å². The van der Waals surface area contributed by atoms with Gasteiger partial charge in [-0.05, 0) is 25.2 Å². The van der Waals surface area contributed by atoms with E-state index < -0.39 is 0 Å². The summed E-state index contributed by atoms with van der Waals surface area (Å²) in [4.78, 5) is 0. The highest BCUT2D eigenvalue weighted by Crippen LogP contribution is 2.23. The molecule has 0 aromatic carbocycles. The lowest BCUT2D eigenvalue weighted by atomic mass is 9.87. The number of unbranched alkanes of at least 4 members (excludes halogenated alkanes) is 1. The molecule has 21 heavy (non-hydrogen) atoms. The number of rotatable bonds is 13. The summed E-state index contributed by atoms with van der Waals surface area (Å²) in [5.74, 6) is 0.880. The number of nitrogens with one attached hydrogen (secondary N) is 1. The van der Waals surface area contributed by atoms with Gasteiger partial charge < -0.3 is 19.5 Å². The lowest BCUT2D eigenvalue weighted by Crippen LogP contribution is -2.35. The van der Waals surface area contributed by atoms with Gasteiger partial charge in [0.05, 0.1) is 33.0 Å². The Kier molecular flexibility index (Phi) is 12.1. The molecular formula is C17H35NO3. The number of hydrogen-bond acceptors (Lipinski definition) is 4. The Morgan fingerprint density at radius 3 is 2.24 bits per heavy atom. The van der Waals surface area contributed by atoms with Gasteiger partial charge in [-0.15, -0.1) is 0 Å². The molecule has 0 bridgehead atoms. The number of ether oxygens (including phenoxy) is 3. The zero-order chi connectivity index (χ0) is 15.2. The standard InChI is InChI=1S/C17H35NO3/c1-3-4-9-19-11-13-21-14-12-20-10-8-18-17-7-5-6-16(2)15-17/h16-18H,3-15H2,1-2H3. The van der Waals surface area contributed by atoms with Gasteiger partial charge in [0.1, 0.15) is 0 Å². The first kappa shape index (κ1) is 18.9. The molecule has 0 saturated heterocycles. The Labute approximate surface area is 130 Å². The van der Waals surface area contributed by atoms with Crippen LogP contribution in [-0.2, 0) is 14.2 Å². The van der Waals surface area contributed by atoms with Crippen molar-refractivity contribution in [3.8, 4) is 0 Å². The van der Waals surface area contributed by atoms with Crippen molar-refractivity contribution in [2.75, 3.05) is 46.2 Å². The van der Waals surface area contributed by atoms with Crippen LogP contribution < -0.4 is 5.32 Å². The first-order valence-electron chi connectivity index (χ1n) is 8.79. The topological polar surface area (TPSA) is 39.7 Å². The first-order chi connectivity index (χ1) is 10.3.